The van der Waals surface area contributed by atoms with E-state index in [-0.39, 0.29) is 118 Å². The van der Waals surface area contributed by atoms with Crippen LogP contribution in [0.3, 0.4) is 0 Å². The number of Topliss-reactive ketones (excluding diaryl/α,β-unsaturated/α-hetero) is 1. The van der Waals surface area contributed by atoms with Crippen LogP contribution in [-0.2, 0) is 23.0 Å². The number of phosphoric acid groups is 2. The SMILES string of the molecule is O=C(COP(=O)([O-])[O-])[C@@H](O)[C@H](O)[C@@H](O)COP(=O)([O-])[O-].[Na+].[Na+].[Na+].[Na+]. The van der Waals surface area contributed by atoms with Gasteiger partial charge in [-0.1, -0.05) is 0 Å². The summed E-state index contributed by atoms with van der Waals surface area (Å²) in [6, 6.07) is 0. The summed E-state index contributed by atoms with van der Waals surface area (Å²) >= 11 is 0. The van der Waals surface area contributed by atoms with Crippen molar-refractivity contribution < 1.29 is 176 Å². The zero-order valence-corrected chi connectivity index (χ0v) is 23.3. The van der Waals surface area contributed by atoms with Gasteiger partial charge in [0.2, 0.25) is 0 Å². The molecule has 0 bridgehead atoms. The van der Waals surface area contributed by atoms with E-state index in [1.54, 1.807) is 0 Å². The number of aliphatic hydroxyl groups excluding tert-OH is 3. The molecule has 0 aliphatic carbocycles. The van der Waals surface area contributed by atoms with Gasteiger partial charge in [0.15, 0.2) is 5.78 Å². The molecule has 3 N–H and O–H groups in total. The molecule has 0 aliphatic heterocycles. The molecule has 120 valence electrons. The average molecular weight is 428 g/mol. The Morgan fingerprint density at radius 1 is 0.875 bits per heavy atom. The minimum atomic E-state index is -5.47. The Bertz CT molecular complexity index is 426. The van der Waals surface area contributed by atoms with Crippen LogP contribution in [-0.4, -0.2) is 52.6 Å². The molecule has 0 aromatic rings. The Kier molecular flexibility index (Phi) is 28.2. The molecule has 0 fully saturated rings. The maximum Gasteiger partial charge on any atom is 1.00 e. The quantitative estimate of drug-likeness (QED) is 0.230. The second kappa shape index (κ2) is 17.6. The van der Waals surface area contributed by atoms with Gasteiger partial charge in [-0.05, 0) is 0 Å². The van der Waals surface area contributed by atoms with Crippen molar-refractivity contribution in [3.8, 4) is 0 Å². The van der Waals surface area contributed by atoms with Crippen LogP contribution in [0.2, 0.25) is 0 Å². The molecule has 0 rings (SSSR count). The summed E-state index contributed by atoms with van der Waals surface area (Å²) in [5.74, 6) is -1.48. The number of aliphatic hydroxyl groups is 3. The predicted octanol–water partition coefficient (Wildman–Crippen LogP) is -17.7. The fourth-order valence-electron chi connectivity index (χ4n) is 0.895. The van der Waals surface area contributed by atoms with Crippen molar-refractivity contribution in [2.24, 2.45) is 0 Å². The fraction of sp³-hybridized carbons (Fsp3) is 0.833. The van der Waals surface area contributed by atoms with Gasteiger partial charge in [0.25, 0.3) is 0 Å². The van der Waals surface area contributed by atoms with Crippen LogP contribution in [0, 0.1) is 0 Å². The first-order chi connectivity index (χ1) is 8.83. The van der Waals surface area contributed by atoms with E-state index in [1.165, 1.54) is 0 Å². The van der Waals surface area contributed by atoms with Crippen LogP contribution in [0.15, 0.2) is 0 Å². The molecular formula is C6H10Na4O12P2. The molecule has 18 heteroatoms. The Balaban J connectivity index is -0.000000301. The third kappa shape index (κ3) is 20.5. The van der Waals surface area contributed by atoms with Crippen molar-refractivity contribution in [1.29, 1.82) is 0 Å². The number of rotatable bonds is 9. The Hall–Kier alpha value is 3.77. The zero-order chi connectivity index (χ0) is 16.1. The van der Waals surface area contributed by atoms with Gasteiger partial charge < -0.3 is 53.1 Å². The molecule has 0 aromatic carbocycles. The Morgan fingerprint density at radius 3 is 1.58 bits per heavy atom. The molecule has 0 saturated heterocycles. The molecule has 12 nitrogen and oxygen atoms in total. The van der Waals surface area contributed by atoms with E-state index < -0.39 is 53.0 Å². The summed E-state index contributed by atoms with van der Waals surface area (Å²) in [7, 11) is -10.9. The molecule has 0 saturated carbocycles. The summed E-state index contributed by atoms with van der Waals surface area (Å²) in [5.41, 5.74) is 0. The first kappa shape index (κ1) is 38.4. The largest absolute Gasteiger partial charge is 1.00 e. The van der Waals surface area contributed by atoms with Crippen LogP contribution >= 0.6 is 15.6 Å². The topological polar surface area (TPSA) is 223 Å². The number of hydrogen-bond acceptors (Lipinski definition) is 12. The van der Waals surface area contributed by atoms with Crippen LogP contribution in [0.25, 0.3) is 0 Å². The first-order valence-corrected chi connectivity index (χ1v) is 7.65. The van der Waals surface area contributed by atoms with Crippen molar-refractivity contribution in [3.05, 3.63) is 0 Å². The maximum absolute atomic E-state index is 11.1. The van der Waals surface area contributed by atoms with Gasteiger partial charge >= 0.3 is 118 Å². The number of ketones is 1. The molecule has 0 spiro atoms. The van der Waals surface area contributed by atoms with Gasteiger partial charge in [0, 0.05) is 0 Å². The minimum absolute atomic E-state index is 0. The summed E-state index contributed by atoms with van der Waals surface area (Å²) in [5, 5.41) is 27.5. The number of hydrogen-bond donors (Lipinski definition) is 3. The second-order valence-corrected chi connectivity index (χ2v) is 5.74. The third-order valence-corrected chi connectivity index (χ3v) is 2.73. The molecule has 0 unspecified atom stereocenters. The van der Waals surface area contributed by atoms with Gasteiger partial charge in [-0.25, -0.2) is 0 Å². The molecule has 24 heavy (non-hydrogen) atoms. The molecule has 0 aliphatic rings. The van der Waals surface area contributed by atoms with Gasteiger partial charge in [-0.15, -0.1) is 0 Å². The summed E-state index contributed by atoms with van der Waals surface area (Å²) in [4.78, 5) is 51.4. The standard InChI is InChI=1S/C6H14O12P2.4Na/c7-3(1-17-19(11,12)13)5(9)6(10)4(8)2-18-20(14,15)16;;;;/h3,5-7,9-10H,1-2H2,(H2,11,12,13)(H2,14,15,16);;;;/q;4*+1/p-4/t3-,5+,6+;;;;/m0..../s1. The number of phosphoric ester groups is 2. The monoisotopic (exact) mass is 428 g/mol. The Morgan fingerprint density at radius 2 is 1.25 bits per heavy atom. The van der Waals surface area contributed by atoms with Crippen molar-refractivity contribution in [2.75, 3.05) is 13.2 Å². The fourth-order valence-corrected chi connectivity index (χ4v) is 1.52. The van der Waals surface area contributed by atoms with E-state index >= 15 is 0 Å². The third-order valence-electron chi connectivity index (χ3n) is 1.82. The van der Waals surface area contributed by atoms with Crippen molar-refractivity contribution in [3.63, 3.8) is 0 Å². The van der Waals surface area contributed by atoms with E-state index in [0.717, 1.165) is 0 Å². The van der Waals surface area contributed by atoms with Crippen molar-refractivity contribution in [1.82, 2.24) is 0 Å². The van der Waals surface area contributed by atoms with Gasteiger partial charge in [-0.2, -0.15) is 0 Å². The van der Waals surface area contributed by atoms with Gasteiger partial charge in [-0.3, -0.25) is 4.79 Å². The molecule has 0 radical (unpaired) electrons. The smallest absolute Gasteiger partial charge is 0.790 e. The minimum Gasteiger partial charge on any atom is -0.790 e. The predicted molar refractivity (Wildman–Crippen MR) is 50.1 cm³/mol. The zero-order valence-electron chi connectivity index (χ0n) is 13.6. The van der Waals surface area contributed by atoms with E-state index in [4.69, 9.17) is 10.2 Å². The summed E-state index contributed by atoms with van der Waals surface area (Å²) in [6.07, 6.45) is -6.83. The molecule has 0 heterocycles. The first-order valence-electron chi connectivity index (χ1n) is 4.73. The number of carbonyl (C=O) groups excluding carboxylic acids is 1. The van der Waals surface area contributed by atoms with Crippen LogP contribution < -0.4 is 138 Å². The van der Waals surface area contributed by atoms with Crippen molar-refractivity contribution in [2.45, 2.75) is 18.3 Å². The van der Waals surface area contributed by atoms with Crippen LogP contribution in [0.4, 0.5) is 0 Å². The molecular weight excluding hydrogens is 418 g/mol. The summed E-state index contributed by atoms with van der Waals surface area (Å²) in [6.45, 7) is -2.63. The van der Waals surface area contributed by atoms with Crippen molar-refractivity contribution >= 4 is 21.4 Å². The maximum atomic E-state index is 11.1. The second-order valence-electron chi connectivity index (χ2n) is 3.43. The van der Waals surface area contributed by atoms with E-state index in [0.29, 0.717) is 0 Å². The van der Waals surface area contributed by atoms with Crippen LogP contribution in [0.1, 0.15) is 0 Å². The molecule has 0 aromatic heterocycles. The average Bonchev–Trinajstić information content (AvgIpc) is 2.29. The number of carbonyl (C=O) groups is 1. The van der Waals surface area contributed by atoms with E-state index in [9.17, 15) is 38.6 Å². The van der Waals surface area contributed by atoms with E-state index in [1.807, 2.05) is 0 Å². The van der Waals surface area contributed by atoms with Gasteiger partial charge in [0.1, 0.15) is 24.9 Å². The van der Waals surface area contributed by atoms with Crippen LogP contribution in [0.5, 0.6) is 0 Å². The normalized spacial score (nSPS) is 14.6. The van der Waals surface area contributed by atoms with Gasteiger partial charge in [0.05, 0.1) is 22.3 Å². The molecule has 0 amide bonds. The summed E-state index contributed by atoms with van der Waals surface area (Å²) < 4.78 is 27.3. The molecule has 3 atom stereocenters. The van der Waals surface area contributed by atoms with E-state index in [2.05, 4.69) is 9.05 Å². The Labute approximate surface area is 225 Å².